The number of piperidine rings is 1. The molecule has 1 aliphatic heterocycles. The maximum Gasteiger partial charge on any atom is 0.0869 e. The average Bonchev–Trinajstić information content (AvgIpc) is 1.83. The van der Waals surface area contributed by atoms with E-state index in [4.69, 9.17) is 0 Å². The van der Waals surface area contributed by atoms with Crippen LogP contribution in [0.3, 0.4) is 0 Å². The number of quaternary nitrogens is 1. The van der Waals surface area contributed by atoms with Gasteiger partial charge in [-0.05, 0) is 19.8 Å². The molecule has 1 unspecified atom stereocenters. The van der Waals surface area contributed by atoms with E-state index in [0.29, 0.717) is 0 Å². The molecule has 0 aromatic heterocycles. The summed E-state index contributed by atoms with van der Waals surface area (Å²) < 4.78 is 0. The minimum Gasteiger partial charge on any atom is -0.335 e. The SMILES string of the molecule is C[C@@H]1CCC[NH+](C)[C@@H]1C. The maximum atomic E-state index is 2.37. The van der Waals surface area contributed by atoms with Gasteiger partial charge in [0.2, 0.25) is 0 Å². The molecule has 0 saturated carbocycles. The van der Waals surface area contributed by atoms with E-state index in [0.717, 1.165) is 12.0 Å². The fourth-order valence-corrected chi connectivity index (χ4v) is 1.67. The van der Waals surface area contributed by atoms with E-state index in [-0.39, 0.29) is 0 Å². The van der Waals surface area contributed by atoms with Gasteiger partial charge in [0.05, 0.1) is 19.6 Å². The standard InChI is InChI=1S/C8H17N/c1-7-5-4-6-9(3)8(7)2/h7-8H,4-6H2,1-3H3/p+1/t7-,8-/m1/s1. The van der Waals surface area contributed by atoms with Crippen molar-refractivity contribution >= 4 is 0 Å². The predicted octanol–water partition coefficient (Wildman–Crippen LogP) is 0.319. The van der Waals surface area contributed by atoms with Gasteiger partial charge >= 0.3 is 0 Å². The summed E-state index contributed by atoms with van der Waals surface area (Å²) in [5.74, 6) is 0.943. The first-order valence-corrected chi connectivity index (χ1v) is 4.04. The summed E-state index contributed by atoms with van der Waals surface area (Å²) in [5, 5.41) is 0. The lowest BCUT2D eigenvalue weighted by atomic mass is 9.93. The van der Waals surface area contributed by atoms with E-state index in [1.54, 1.807) is 4.90 Å². The monoisotopic (exact) mass is 128 g/mol. The second-order valence-corrected chi connectivity index (χ2v) is 3.50. The van der Waals surface area contributed by atoms with Gasteiger partial charge in [-0.1, -0.05) is 6.92 Å². The number of rotatable bonds is 0. The molecular weight excluding hydrogens is 110 g/mol. The van der Waals surface area contributed by atoms with Gasteiger partial charge in [-0.15, -0.1) is 0 Å². The molecule has 1 nitrogen and oxygen atoms in total. The smallest absolute Gasteiger partial charge is 0.0869 e. The Balaban J connectivity index is 2.41. The van der Waals surface area contributed by atoms with Gasteiger partial charge < -0.3 is 4.90 Å². The van der Waals surface area contributed by atoms with Crippen LogP contribution in [0.5, 0.6) is 0 Å². The molecular formula is C8H18N+. The predicted molar refractivity (Wildman–Crippen MR) is 39.6 cm³/mol. The Hall–Kier alpha value is -0.0400. The van der Waals surface area contributed by atoms with Gasteiger partial charge in [-0.25, -0.2) is 0 Å². The minimum atomic E-state index is 0.888. The van der Waals surface area contributed by atoms with Crippen LogP contribution in [0.2, 0.25) is 0 Å². The van der Waals surface area contributed by atoms with Crippen molar-refractivity contribution in [2.24, 2.45) is 5.92 Å². The zero-order chi connectivity index (χ0) is 6.85. The second kappa shape index (κ2) is 2.70. The van der Waals surface area contributed by atoms with Gasteiger partial charge in [-0.3, -0.25) is 0 Å². The van der Waals surface area contributed by atoms with Crippen LogP contribution in [0.1, 0.15) is 26.7 Å². The van der Waals surface area contributed by atoms with Crippen molar-refractivity contribution in [3.05, 3.63) is 0 Å². The Kier molecular flexibility index (Phi) is 2.12. The molecule has 1 saturated heterocycles. The molecule has 0 spiro atoms. The second-order valence-electron chi connectivity index (χ2n) is 3.50. The van der Waals surface area contributed by atoms with Crippen molar-refractivity contribution < 1.29 is 4.90 Å². The fourth-order valence-electron chi connectivity index (χ4n) is 1.67. The normalized spacial score (nSPS) is 45.0. The molecule has 3 atom stereocenters. The first-order valence-electron chi connectivity index (χ1n) is 4.04. The van der Waals surface area contributed by atoms with Crippen molar-refractivity contribution in [1.82, 2.24) is 0 Å². The first kappa shape index (κ1) is 7.07. The summed E-state index contributed by atoms with van der Waals surface area (Å²) in [5.41, 5.74) is 0. The van der Waals surface area contributed by atoms with Crippen LogP contribution in [0.15, 0.2) is 0 Å². The largest absolute Gasteiger partial charge is 0.335 e. The Morgan fingerprint density at radius 1 is 1.33 bits per heavy atom. The molecule has 1 heteroatoms. The number of hydrogen-bond acceptors (Lipinski definition) is 0. The van der Waals surface area contributed by atoms with Crippen molar-refractivity contribution in [1.29, 1.82) is 0 Å². The van der Waals surface area contributed by atoms with Crippen LogP contribution in [-0.2, 0) is 0 Å². The first-order chi connectivity index (χ1) is 4.22. The van der Waals surface area contributed by atoms with E-state index in [9.17, 15) is 0 Å². The Bertz CT molecular complexity index is 80.6. The molecule has 1 aliphatic rings. The van der Waals surface area contributed by atoms with E-state index in [2.05, 4.69) is 20.9 Å². The third-order valence-corrected chi connectivity index (χ3v) is 2.86. The molecule has 1 fully saturated rings. The lowest BCUT2D eigenvalue weighted by Crippen LogP contribution is -3.14. The molecule has 1 heterocycles. The topological polar surface area (TPSA) is 4.44 Å². The highest BCUT2D eigenvalue weighted by molar-refractivity contribution is 4.63. The number of nitrogens with one attached hydrogen (secondary N) is 1. The van der Waals surface area contributed by atoms with Gasteiger partial charge in [0.1, 0.15) is 0 Å². The summed E-state index contributed by atoms with van der Waals surface area (Å²) in [6.07, 6.45) is 2.87. The van der Waals surface area contributed by atoms with Crippen molar-refractivity contribution in [2.75, 3.05) is 13.6 Å². The molecule has 9 heavy (non-hydrogen) atoms. The molecule has 0 radical (unpaired) electrons. The van der Waals surface area contributed by atoms with Crippen molar-refractivity contribution in [3.63, 3.8) is 0 Å². The van der Waals surface area contributed by atoms with Crippen LogP contribution in [0, 0.1) is 5.92 Å². The highest BCUT2D eigenvalue weighted by atomic mass is 15.1. The molecule has 1 rings (SSSR count). The van der Waals surface area contributed by atoms with E-state index in [1.807, 2.05) is 0 Å². The molecule has 0 amide bonds. The Morgan fingerprint density at radius 3 is 2.44 bits per heavy atom. The van der Waals surface area contributed by atoms with Crippen LogP contribution >= 0.6 is 0 Å². The van der Waals surface area contributed by atoms with Gasteiger partial charge in [0.15, 0.2) is 0 Å². The maximum absolute atomic E-state index is 2.37. The zero-order valence-electron chi connectivity index (χ0n) is 6.78. The Morgan fingerprint density at radius 2 is 2.00 bits per heavy atom. The van der Waals surface area contributed by atoms with E-state index < -0.39 is 0 Å². The van der Waals surface area contributed by atoms with Gasteiger partial charge in [-0.2, -0.15) is 0 Å². The van der Waals surface area contributed by atoms with E-state index >= 15 is 0 Å². The summed E-state index contributed by atoms with van der Waals surface area (Å²) in [4.78, 5) is 1.72. The minimum absolute atomic E-state index is 0.888. The molecule has 0 aromatic carbocycles. The molecule has 1 N–H and O–H groups in total. The quantitative estimate of drug-likeness (QED) is 0.479. The third-order valence-electron chi connectivity index (χ3n) is 2.86. The average molecular weight is 128 g/mol. The van der Waals surface area contributed by atoms with Gasteiger partial charge in [0.25, 0.3) is 0 Å². The third kappa shape index (κ3) is 1.45. The molecule has 0 aromatic rings. The highest BCUT2D eigenvalue weighted by Gasteiger charge is 2.24. The highest BCUT2D eigenvalue weighted by Crippen LogP contribution is 2.10. The lowest BCUT2D eigenvalue weighted by molar-refractivity contribution is -0.913. The van der Waals surface area contributed by atoms with Gasteiger partial charge in [0, 0.05) is 5.92 Å². The number of hydrogen-bond donors (Lipinski definition) is 1. The summed E-state index contributed by atoms with van der Waals surface area (Å²) in [6, 6.07) is 0.888. The molecule has 54 valence electrons. The summed E-state index contributed by atoms with van der Waals surface area (Å²) >= 11 is 0. The fraction of sp³-hybridized carbons (Fsp3) is 1.00. The molecule has 0 bridgehead atoms. The van der Waals surface area contributed by atoms with Crippen molar-refractivity contribution in [2.45, 2.75) is 32.7 Å². The van der Waals surface area contributed by atoms with E-state index in [1.165, 1.54) is 19.4 Å². The lowest BCUT2D eigenvalue weighted by Gasteiger charge is -2.31. The van der Waals surface area contributed by atoms with Crippen LogP contribution in [0.4, 0.5) is 0 Å². The Labute approximate surface area is 58.0 Å². The molecule has 0 aliphatic carbocycles. The zero-order valence-corrected chi connectivity index (χ0v) is 6.78. The van der Waals surface area contributed by atoms with Crippen LogP contribution < -0.4 is 4.90 Å². The summed E-state index contributed by atoms with van der Waals surface area (Å²) in [7, 11) is 2.31. The van der Waals surface area contributed by atoms with Crippen LogP contribution in [-0.4, -0.2) is 19.6 Å². The van der Waals surface area contributed by atoms with Crippen molar-refractivity contribution in [3.8, 4) is 0 Å². The number of likely N-dealkylation sites (tertiary alicyclic amines) is 1. The van der Waals surface area contributed by atoms with Crippen LogP contribution in [0.25, 0.3) is 0 Å². The summed E-state index contributed by atoms with van der Waals surface area (Å²) in [6.45, 7) is 6.11.